The van der Waals surface area contributed by atoms with Crippen molar-refractivity contribution >= 4 is 5.97 Å². The number of carbonyl (C=O) groups excluding carboxylic acids is 1. The SMILES string of the molecule is CCOC(=O)C1(NC(C)C)CCCCC1C. The lowest BCUT2D eigenvalue weighted by atomic mass is 9.73. The first-order chi connectivity index (χ1) is 7.53. The number of nitrogens with one attached hydrogen (secondary N) is 1. The highest BCUT2D eigenvalue weighted by molar-refractivity contribution is 5.81. The minimum Gasteiger partial charge on any atom is -0.465 e. The fourth-order valence-corrected chi connectivity index (χ4v) is 2.70. The monoisotopic (exact) mass is 227 g/mol. The van der Waals surface area contributed by atoms with Gasteiger partial charge in [0.25, 0.3) is 0 Å². The Morgan fingerprint density at radius 3 is 2.69 bits per heavy atom. The summed E-state index contributed by atoms with van der Waals surface area (Å²) in [5.41, 5.74) is -0.442. The minimum atomic E-state index is -0.442. The molecule has 0 saturated heterocycles. The van der Waals surface area contributed by atoms with Gasteiger partial charge in [-0.2, -0.15) is 0 Å². The summed E-state index contributed by atoms with van der Waals surface area (Å²) in [6, 6.07) is 0.310. The molecular weight excluding hydrogens is 202 g/mol. The molecule has 0 amide bonds. The Bertz CT molecular complexity index is 240. The second-order valence-electron chi connectivity index (χ2n) is 5.14. The minimum absolute atomic E-state index is 0.0594. The molecule has 0 radical (unpaired) electrons. The maximum absolute atomic E-state index is 12.2. The van der Waals surface area contributed by atoms with Gasteiger partial charge in [-0.25, -0.2) is 0 Å². The average molecular weight is 227 g/mol. The summed E-state index contributed by atoms with van der Waals surface area (Å²) in [6.45, 7) is 8.66. The average Bonchev–Trinajstić information content (AvgIpc) is 2.21. The Morgan fingerprint density at radius 1 is 1.50 bits per heavy atom. The fourth-order valence-electron chi connectivity index (χ4n) is 2.70. The number of carbonyl (C=O) groups is 1. The van der Waals surface area contributed by atoms with Gasteiger partial charge in [0.05, 0.1) is 6.61 Å². The van der Waals surface area contributed by atoms with Crippen LogP contribution in [0, 0.1) is 5.92 Å². The van der Waals surface area contributed by atoms with Crippen LogP contribution in [0.3, 0.4) is 0 Å². The molecule has 2 atom stereocenters. The number of rotatable bonds is 4. The van der Waals surface area contributed by atoms with E-state index < -0.39 is 5.54 Å². The van der Waals surface area contributed by atoms with Crippen molar-refractivity contribution in [1.82, 2.24) is 5.32 Å². The number of hydrogen-bond donors (Lipinski definition) is 1. The first kappa shape index (κ1) is 13.5. The zero-order chi connectivity index (χ0) is 12.2. The van der Waals surface area contributed by atoms with Crippen LogP contribution in [0.4, 0.5) is 0 Å². The van der Waals surface area contributed by atoms with E-state index in [1.165, 1.54) is 6.42 Å². The van der Waals surface area contributed by atoms with Crippen LogP contribution in [0.15, 0.2) is 0 Å². The molecule has 1 rings (SSSR count). The first-order valence-electron chi connectivity index (χ1n) is 6.48. The van der Waals surface area contributed by atoms with Gasteiger partial charge in [0.2, 0.25) is 0 Å². The third kappa shape index (κ3) is 2.76. The van der Waals surface area contributed by atoms with E-state index in [9.17, 15) is 4.79 Å². The molecule has 1 N–H and O–H groups in total. The van der Waals surface area contributed by atoms with Crippen LogP contribution in [0.2, 0.25) is 0 Å². The molecule has 2 unspecified atom stereocenters. The molecule has 0 heterocycles. The Morgan fingerprint density at radius 2 is 2.19 bits per heavy atom. The van der Waals surface area contributed by atoms with E-state index in [2.05, 4.69) is 26.1 Å². The van der Waals surface area contributed by atoms with E-state index in [0.29, 0.717) is 18.6 Å². The number of ether oxygens (including phenoxy) is 1. The second-order valence-corrected chi connectivity index (χ2v) is 5.14. The van der Waals surface area contributed by atoms with Crippen LogP contribution in [0.25, 0.3) is 0 Å². The highest BCUT2D eigenvalue weighted by Gasteiger charge is 2.46. The van der Waals surface area contributed by atoms with Crippen LogP contribution in [-0.4, -0.2) is 24.2 Å². The Balaban J connectivity index is 2.85. The van der Waals surface area contributed by atoms with Gasteiger partial charge in [-0.15, -0.1) is 0 Å². The lowest BCUT2D eigenvalue weighted by Crippen LogP contribution is -2.60. The lowest BCUT2D eigenvalue weighted by molar-refractivity contribution is -0.155. The quantitative estimate of drug-likeness (QED) is 0.750. The highest BCUT2D eigenvalue weighted by atomic mass is 16.5. The van der Waals surface area contributed by atoms with Crippen molar-refractivity contribution in [2.24, 2.45) is 5.92 Å². The molecule has 0 aliphatic heterocycles. The number of esters is 1. The van der Waals surface area contributed by atoms with Crippen LogP contribution in [-0.2, 0) is 9.53 Å². The van der Waals surface area contributed by atoms with Gasteiger partial charge in [0, 0.05) is 6.04 Å². The summed E-state index contributed by atoms with van der Waals surface area (Å²) < 4.78 is 5.25. The van der Waals surface area contributed by atoms with Crippen molar-refractivity contribution in [2.75, 3.05) is 6.61 Å². The van der Waals surface area contributed by atoms with Crippen molar-refractivity contribution in [3.63, 3.8) is 0 Å². The Kier molecular flexibility index (Phi) is 4.78. The smallest absolute Gasteiger partial charge is 0.326 e. The molecule has 0 aromatic rings. The molecule has 0 aromatic heterocycles. The maximum Gasteiger partial charge on any atom is 0.326 e. The molecular formula is C13H25NO2. The summed E-state index contributed by atoms with van der Waals surface area (Å²) in [5, 5.41) is 3.46. The fraction of sp³-hybridized carbons (Fsp3) is 0.923. The highest BCUT2D eigenvalue weighted by Crippen LogP contribution is 2.35. The molecule has 1 aliphatic carbocycles. The van der Waals surface area contributed by atoms with Crippen molar-refractivity contribution in [2.45, 2.75) is 65.0 Å². The molecule has 16 heavy (non-hydrogen) atoms. The molecule has 1 aliphatic rings. The third-order valence-corrected chi connectivity index (χ3v) is 3.49. The number of hydrogen-bond acceptors (Lipinski definition) is 3. The standard InChI is InChI=1S/C13H25NO2/c1-5-16-12(15)13(14-10(2)3)9-7-6-8-11(13)4/h10-11,14H,5-9H2,1-4H3. The van der Waals surface area contributed by atoms with Gasteiger partial charge in [-0.1, -0.05) is 19.8 Å². The molecule has 0 aromatic carbocycles. The van der Waals surface area contributed by atoms with Crippen LogP contribution < -0.4 is 5.32 Å². The summed E-state index contributed by atoms with van der Waals surface area (Å²) >= 11 is 0. The summed E-state index contributed by atoms with van der Waals surface area (Å²) in [5.74, 6) is 0.304. The normalized spacial score (nSPS) is 30.4. The van der Waals surface area contributed by atoms with Gasteiger partial charge in [0.15, 0.2) is 0 Å². The van der Waals surface area contributed by atoms with Gasteiger partial charge in [-0.3, -0.25) is 10.1 Å². The van der Waals surface area contributed by atoms with Crippen LogP contribution in [0.5, 0.6) is 0 Å². The molecule has 3 nitrogen and oxygen atoms in total. The molecule has 0 bridgehead atoms. The molecule has 0 spiro atoms. The zero-order valence-electron chi connectivity index (χ0n) is 11.0. The van der Waals surface area contributed by atoms with Gasteiger partial charge < -0.3 is 4.74 Å². The van der Waals surface area contributed by atoms with E-state index in [-0.39, 0.29) is 5.97 Å². The zero-order valence-corrected chi connectivity index (χ0v) is 11.0. The molecule has 94 valence electrons. The van der Waals surface area contributed by atoms with Crippen molar-refractivity contribution in [3.05, 3.63) is 0 Å². The lowest BCUT2D eigenvalue weighted by Gasteiger charge is -2.42. The molecule has 1 fully saturated rings. The van der Waals surface area contributed by atoms with Gasteiger partial charge in [-0.05, 0) is 39.5 Å². The van der Waals surface area contributed by atoms with Gasteiger partial charge in [0.1, 0.15) is 5.54 Å². The Hall–Kier alpha value is -0.570. The van der Waals surface area contributed by atoms with Crippen molar-refractivity contribution in [1.29, 1.82) is 0 Å². The van der Waals surface area contributed by atoms with Crippen molar-refractivity contribution in [3.8, 4) is 0 Å². The molecule has 3 heteroatoms. The van der Waals surface area contributed by atoms with E-state index in [1.807, 2.05) is 6.92 Å². The summed E-state index contributed by atoms with van der Waals surface area (Å²) in [6.07, 6.45) is 4.36. The van der Waals surface area contributed by atoms with Crippen LogP contribution in [0.1, 0.15) is 53.4 Å². The predicted octanol–water partition coefficient (Wildman–Crippen LogP) is 2.50. The van der Waals surface area contributed by atoms with E-state index in [1.54, 1.807) is 0 Å². The Labute approximate surface area is 98.9 Å². The summed E-state index contributed by atoms with van der Waals surface area (Å²) in [7, 11) is 0. The topological polar surface area (TPSA) is 38.3 Å². The van der Waals surface area contributed by atoms with Crippen LogP contribution >= 0.6 is 0 Å². The summed E-state index contributed by atoms with van der Waals surface area (Å²) in [4.78, 5) is 12.2. The molecule has 1 saturated carbocycles. The second kappa shape index (κ2) is 5.67. The van der Waals surface area contributed by atoms with Gasteiger partial charge >= 0.3 is 5.97 Å². The third-order valence-electron chi connectivity index (χ3n) is 3.49. The van der Waals surface area contributed by atoms with Crippen molar-refractivity contribution < 1.29 is 9.53 Å². The maximum atomic E-state index is 12.2. The van der Waals surface area contributed by atoms with E-state index >= 15 is 0 Å². The predicted molar refractivity (Wildman–Crippen MR) is 65.3 cm³/mol. The first-order valence-corrected chi connectivity index (χ1v) is 6.48. The van der Waals surface area contributed by atoms with E-state index in [4.69, 9.17) is 4.74 Å². The largest absolute Gasteiger partial charge is 0.465 e. The van der Waals surface area contributed by atoms with E-state index in [0.717, 1.165) is 19.3 Å².